The summed E-state index contributed by atoms with van der Waals surface area (Å²) in [5.41, 5.74) is 1.43. The molecule has 0 spiro atoms. The summed E-state index contributed by atoms with van der Waals surface area (Å²) in [6.07, 6.45) is 3.37. The van der Waals surface area contributed by atoms with Gasteiger partial charge in [0.25, 0.3) is 0 Å². The highest BCUT2D eigenvalue weighted by molar-refractivity contribution is 5.48. The first-order chi connectivity index (χ1) is 10.2. The molecule has 1 heterocycles. The van der Waals surface area contributed by atoms with E-state index in [-0.39, 0.29) is 5.41 Å². The summed E-state index contributed by atoms with van der Waals surface area (Å²) in [6.45, 7) is 7.05. The first kappa shape index (κ1) is 16.1. The molecule has 118 valence electrons. The highest BCUT2D eigenvalue weighted by Gasteiger charge is 2.33. The van der Waals surface area contributed by atoms with E-state index in [2.05, 4.69) is 24.2 Å². The van der Waals surface area contributed by atoms with Crippen LogP contribution < -0.4 is 10.2 Å². The van der Waals surface area contributed by atoms with Crippen LogP contribution in [0.3, 0.4) is 0 Å². The summed E-state index contributed by atoms with van der Waals surface area (Å²) >= 11 is 0. The van der Waals surface area contributed by atoms with Crippen molar-refractivity contribution in [3.8, 4) is 5.75 Å². The molecule has 0 saturated carbocycles. The highest BCUT2D eigenvalue weighted by Crippen LogP contribution is 2.32. The summed E-state index contributed by atoms with van der Waals surface area (Å²) in [6, 6.07) is 7.44. The van der Waals surface area contributed by atoms with E-state index in [1.54, 1.807) is 12.1 Å². The van der Waals surface area contributed by atoms with Gasteiger partial charge in [0, 0.05) is 44.5 Å². The summed E-state index contributed by atoms with van der Waals surface area (Å²) in [5, 5.41) is 13.0. The van der Waals surface area contributed by atoms with Crippen LogP contribution in [0.1, 0.15) is 26.2 Å². The third-order valence-electron chi connectivity index (χ3n) is 4.34. The van der Waals surface area contributed by atoms with Crippen LogP contribution in [0.2, 0.25) is 0 Å². The largest absolute Gasteiger partial charge is 0.508 e. The van der Waals surface area contributed by atoms with E-state index in [0.717, 1.165) is 51.4 Å². The van der Waals surface area contributed by atoms with Crippen molar-refractivity contribution >= 4 is 5.69 Å². The number of ether oxygens (including phenoxy) is 1. The van der Waals surface area contributed by atoms with E-state index in [1.807, 2.05) is 12.1 Å². The van der Waals surface area contributed by atoms with E-state index >= 15 is 0 Å². The van der Waals surface area contributed by atoms with Gasteiger partial charge in [-0.3, -0.25) is 0 Å². The fourth-order valence-electron chi connectivity index (χ4n) is 3.03. The number of nitrogens with one attached hydrogen (secondary N) is 1. The Morgan fingerprint density at radius 2 is 1.90 bits per heavy atom. The Morgan fingerprint density at radius 1 is 1.24 bits per heavy atom. The number of hydrogen-bond donors (Lipinski definition) is 2. The lowest BCUT2D eigenvalue weighted by Gasteiger charge is -2.41. The molecule has 0 amide bonds. The zero-order valence-corrected chi connectivity index (χ0v) is 13.3. The lowest BCUT2D eigenvalue weighted by atomic mass is 9.79. The molecular weight excluding hydrogens is 264 g/mol. The third kappa shape index (κ3) is 4.61. The molecule has 1 aliphatic rings. The van der Waals surface area contributed by atoms with E-state index in [4.69, 9.17) is 4.74 Å². The van der Waals surface area contributed by atoms with Gasteiger partial charge in [-0.2, -0.15) is 0 Å². The predicted molar refractivity (Wildman–Crippen MR) is 87.0 cm³/mol. The summed E-state index contributed by atoms with van der Waals surface area (Å²) in [7, 11) is 2.13. The summed E-state index contributed by atoms with van der Waals surface area (Å²) in [5.74, 6) is 0.317. The Morgan fingerprint density at radius 3 is 2.52 bits per heavy atom. The summed E-state index contributed by atoms with van der Waals surface area (Å²) in [4.78, 5) is 2.29. The molecule has 4 nitrogen and oxygen atoms in total. The van der Waals surface area contributed by atoms with Crippen LogP contribution in [-0.2, 0) is 4.74 Å². The maximum absolute atomic E-state index is 9.41. The van der Waals surface area contributed by atoms with Gasteiger partial charge in [0.05, 0.1) is 0 Å². The lowest BCUT2D eigenvalue weighted by molar-refractivity contribution is 0.0189. The minimum atomic E-state index is 0.278. The second kappa shape index (κ2) is 7.66. The molecule has 1 fully saturated rings. The van der Waals surface area contributed by atoms with E-state index in [0.29, 0.717) is 5.75 Å². The van der Waals surface area contributed by atoms with Gasteiger partial charge in [-0.25, -0.2) is 0 Å². The first-order valence-corrected chi connectivity index (χ1v) is 7.94. The zero-order valence-electron chi connectivity index (χ0n) is 13.3. The van der Waals surface area contributed by atoms with Crippen molar-refractivity contribution in [1.29, 1.82) is 0 Å². The van der Waals surface area contributed by atoms with Crippen LogP contribution in [0.15, 0.2) is 24.3 Å². The summed E-state index contributed by atoms with van der Waals surface area (Å²) < 4.78 is 5.55. The van der Waals surface area contributed by atoms with Crippen LogP contribution in [0.5, 0.6) is 5.75 Å². The average Bonchev–Trinajstić information content (AvgIpc) is 2.49. The molecule has 4 heteroatoms. The Hall–Kier alpha value is -1.26. The average molecular weight is 292 g/mol. The van der Waals surface area contributed by atoms with Crippen molar-refractivity contribution in [3.63, 3.8) is 0 Å². The number of rotatable bonds is 7. The number of anilines is 1. The molecule has 1 aromatic rings. The van der Waals surface area contributed by atoms with Gasteiger partial charge in [-0.05, 0) is 50.1 Å². The van der Waals surface area contributed by atoms with Gasteiger partial charge in [0.1, 0.15) is 5.75 Å². The molecule has 1 aromatic carbocycles. The number of nitrogens with zero attached hydrogens (tertiary/aromatic N) is 1. The first-order valence-electron chi connectivity index (χ1n) is 7.94. The molecule has 1 saturated heterocycles. The van der Waals surface area contributed by atoms with Gasteiger partial charge >= 0.3 is 0 Å². The van der Waals surface area contributed by atoms with Gasteiger partial charge in [0.15, 0.2) is 0 Å². The van der Waals surface area contributed by atoms with Crippen molar-refractivity contribution in [2.45, 2.75) is 26.2 Å². The maximum Gasteiger partial charge on any atom is 0.115 e. The standard InChI is InChI=1S/C17H28N2O2/c1-3-10-18-13-17(8-11-21-12-9-17)14-19(2)15-4-6-16(20)7-5-15/h4-7,18,20H,3,8-14H2,1-2H3. The normalized spacial score (nSPS) is 17.6. The minimum absolute atomic E-state index is 0.278. The number of phenolic OH excluding ortho intramolecular Hbond substituents is 1. The van der Waals surface area contributed by atoms with Crippen LogP contribution in [0.4, 0.5) is 5.69 Å². The topological polar surface area (TPSA) is 44.7 Å². The fourth-order valence-corrected chi connectivity index (χ4v) is 3.03. The smallest absolute Gasteiger partial charge is 0.115 e. The van der Waals surface area contributed by atoms with Gasteiger partial charge in [0.2, 0.25) is 0 Å². The number of hydrogen-bond acceptors (Lipinski definition) is 4. The van der Waals surface area contributed by atoms with Crippen LogP contribution >= 0.6 is 0 Å². The lowest BCUT2D eigenvalue weighted by Crippen LogP contribution is -2.46. The monoisotopic (exact) mass is 292 g/mol. The van der Waals surface area contributed by atoms with Crippen LogP contribution in [0.25, 0.3) is 0 Å². The van der Waals surface area contributed by atoms with E-state index in [9.17, 15) is 5.11 Å². The van der Waals surface area contributed by atoms with Crippen molar-refractivity contribution in [2.75, 3.05) is 44.8 Å². The Balaban J connectivity index is 2.01. The molecule has 0 unspecified atom stereocenters. The molecule has 0 aliphatic carbocycles. The highest BCUT2D eigenvalue weighted by atomic mass is 16.5. The van der Waals surface area contributed by atoms with Gasteiger partial charge in [-0.1, -0.05) is 6.92 Å². The van der Waals surface area contributed by atoms with Crippen molar-refractivity contribution in [3.05, 3.63) is 24.3 Å². The van der Waals surface area contributed by atoms with E-state index < -0.39 is 0 Å². The van der Waals surface area contributed by atoms with Crippen LogP contribution in [0, 0.1) is 5.41 Å². The van der Waals surface area contributed by atoms with E-state index in [1.165, 1.54) is 6.42 Å². The van der Waals surface area contributed by atoms with Crippen molar-refractivity contribution in [2.24, 2.45) is 5.41 Å². The molecule has 0 atom stereocenters. The molecule has 2 rings (SSSR count). The zero-order chi connectivity index (χ0) is 15.1. The van der Waals surface area contributed by atoms with Gasteiger partial charge < -0.3 is 20.1 Å². The molecular formula is C17H28N2O2. The van der Waals surface area contributed by atoms with Crippen molar-refractivity contribution in [1.82, 2.24) is 5.32 Å². The van der Waals surface area contributed by atoms with Gasteiger partial charge in [-0.15, -0.1) is 0 Å². The molecule has 21 heavy (non-hydrogen) atoms. The van der Waals surface area contributed by atoms with Crippen molar-refractivity contribution < 1.29 is 9.84 Å². The molecule has 0 bridgehead atoms. The maximum atomic E-state index is 9.41. The second-order valence-electron chi connectivity index (χ2n) is 6.16. The fraction of sp³-hybridized carbons (Fsp3) is 0.647. The van der Waals surface area contributed by atoms with Crippen LogP contribution in [-0.4, -0.2) is 45.0 Å². The molecule has 2 N–H and O–H groups in total. The molecule has 0 aromatic heterocycles. The molecule has 0 radical (unpaired) electrons. The Kier molecular flexibility index (Phi) is 5.88. The number of aromatic hydroxyl groups is 1. The minimum Gasteiger partial charge on any atom is -0.508 e. The Bertz CT molecular complexity index is 413. The molecule has 1 aliphatic heterocycles. The second-order valence-corrected chi connectivity index (χ2v) is 6.16. The quantitative estimate of drug-likeness (QED) is 0.758. The predicted octanol–water partition coefficient (Wildman–Crippen LogP) is 2.62. The third-order valence-corrected chi connectivity index (χ3v) is 4.34. The Labute approximate surface area is 128 Å². The number of phenols is 1. The SMILES string of the molecule is CCCNCC1(CN(C)c2ccc(O)cc2)CCOCC1. The number of benzene rings is 1.